The normalized spacial score (nSPS) is 19.4. The molecule has 5 atom stereocenters. The van der Waals surface area contributed by atoms with Crippen LogP contribution in [-0.2, 0) is 9.09 Å². The Morgan fingerprint density at radius 2 is 1.37 bits per heavy atom. The molecule has 0 aliphatic heterocycles. The molecule has 1 unspecified atom stereocenters. The number of phosphoric ester groups is 1. The van der Waals surface area contributed by atoms with Crippen molar-refractivity contribution in [3.8, 4) is 0 Å². The van der Waals surface area contributed by atoms with E-state index >= 15 is 0 Å². The minimum atomic E-state index is -5.09. The van der Waals surface area contributed by atoms with Crippen molar-refractivity contribution in [2.75, 3.05) is 6.61 Å². The number of aliphatic hydroxyl groups excluding tert-OH is 6. The van der Waals surface area contributed by atoms with Gasteiger partial charge in [-0.3, -0.25) is 4.52 Å². The topological polar surface area (TPSA) is 188 Å². The number of hydrogen-bond donors (Lipinski definition) is 8. The maximum atomic E-state index is 10.3. The number of hydrogen-bond acceptors (Lipinski definition) is 8. The van der Waals surface area contributed by atoms with Gasteiger partial charge in [0, 0.05) is 0 Å². The van der Waals surface area contributed by atoms with Crippen molar-refractivity contribution in [3.05, 3.63) is 0 Å². The van der Waals surface area contributed by atoms with Crippen LogP contribution in [0.2, 0.25) is 0 Å². The van der Waals surface area contributed by atoms with E-state index in [1.165, 1.54) is 0 Å². The molecule has 0 aromatic heterocycles. The molecule has 0 aliphatic rings. The minimum absolute atomic E-state index is 0. The van der Waals surface area contributed by atoms with Crippen molar-refractivity contribution < 1.29 is 55.2 Å². The van der Waals surface area contributed by atoms with Gasteiger partial charge in [0.15, 0.2) is 6.29 Å². The third kappa shape index (κ3) is 10.7. The van der Waals surface area contributed by atoms with Crippen LogP contribution in [0.4, 0.5) is 0 Å². The Hall–Kier alpha value is 2.39. The first-order chi connectivity index (χ1) is 7.60. The molecule has 8 N–H and O–H groups in total. The van der Waals surface area contributed by atoms with E-state index in [-0.39, 0.29) is 81.2 Å². The Morgan fingerprint density at radius 1 is 0.947 bits per heavy atom. The molecule has 0 fully saturated rings. The average Bonchev–Trinajstić information content (AvgIpc) is 2.22. The van der Waals surface area contributed by atoms with E-state index in [2.05, 4.69) is 4.52 Å². The van der Waals surface area contributed by atoms with E-state index in [0.717, 1.165) is 0 Å². The smallest absolute Gasteiger partial charge is 1.00 e. The van der Waals surface area contributed by atoms with Crippen molar-refractivity contribution in [2.45, 2.75) is 30.7 Å². The van der Waals surface area contributed by atoms with Gasteiger partial charge in [-0.25, -0.2) is 4.57 Å². The van der Waals surface area contributed by atoms with Crippen molar-refractivity contribution in [2.24, 2.45) is 0 Å². The monoisotopic (exact) mass is 362 g/mol. The number of rotatable bonds is 7. The minimum Gasteiger partial charge on any atom is -1.00 e. The molecule has 0 spiro atoms. The molecule has 0 aromatic rings. The van der Waals surface area contributed by atoms with Gasteiger partial charge in [-0.1, -0.05) is 0 Å². The zero-order valence-corrected chi connectivity index (χ0v) is 15.2. The molecule has 13 heteroatoms. The van der Waals surface area contributed by atoms with Crippen LogP contribution in [0.1, 0.15) is 5.71 Å². The summed E-state index contributed by atoms with van der Waals surface area (Å²) in [5.41, 5.74) is 0. The molecular formula is C6H19Ca2O10P. The van der Waals surface area contributed by atoms with Crippen molar-refractivity contribution in [3.63, 3.8) is 0 Å². The van der Waals surface area contributed by atoms with Crippen LogP contribution < -0.4 is 0 Å². The van der Waals surface area contributed by atoms with E-state index in [1.54, 1.807) is 0 Å². The van der Waals surface area contributed by atoms with Gasteiger partial charge < -0.3 is 46.1 Å². The summed E-state index contributed by atoms with van der Waals surface area (Å²) < 4.78 is 13.9. The SMILES string of the molecule is O=P(O)(O)OC(O)[C@H](O)[C@@H](O)[C@H](O)[C@H](O)CO.[Ca+2].[Ca+2].[H-].[H-].[H-].[H-]. The summed E-state index contributed by atoms with van der Waals surface area (Å²) in [5, 5.41) is 53.8. The van der Waals surface area contributed by atoms with Crippen LogP contribution in [0.25, 0.3) is 0 Å². The second-order valence-corrected chi connectivity index (χ2v) is 4.40. The van der Waals surface area contributed by atoms with Gasteiger partial charge in [0.25, 0.3) is 0 Å². The molecule has 0 saturated carbocycles. The molecule has 10 nitrogen and oxygen atoms in total. The largest absolute Gasteiger partial charge is 2.00 e. The van der Waals surface area contributed by atoms with Crippen LogP contribution in [0.15, 0.2) is 0 Å². The maximum absolute atomic E-state index is 10.3. The van der Waals surface area contributed by atoms with Gasteiger partial charge in [0.2, 0.25) is 0 Å². The van der Waals surface area contributed by atoms with Crippen LogP contribution in [0.5, 0.6) is 0 Å². The molecule has 0 aromatic carbocycles. The number of phosphoric acid groups is 1. The molecule has 112 valence electrons. The van der Waals surface area contributed by atoms with Gasteiger partial charge >= 0.3 is 83.3 Å². The molecule has 0 aliphatic carbocycles. The average molecular weight is 362 g/mol. The Morgan fingerprint density at radius 3 is 1.68 bits per heavy atom. The molecule has 0 heterocycles. The summed E-state index contributed by atoms with van der Waals surface area (Å²) in [6, 6.07) is 0. The van der Waals surface area contributed by atoms with Gasteiger partial charge in [-0.15, -0.1) is 0 Å². The van der Waals surface area contributed by atoms with E-state index in [0.29, 0.717) is 0 Å². The second-order valence-electron chi connectivity index (χ2n) is 3.21. The third-order valence-electron chi connectivity index (χ3n) is 1.82. The van der Waals surface area contributed by atoms with Gasteiger partial charge in [0.1, 0.15) is 24.4 Å². The summed E-state index contributed by atoms with van der Waals surface area (Å²) in [7, 11) is -5.09. The van der Waals surface area contributed by atoms with Crippen LogP contribution in [0.3, 0.4) is 0 Å². The molecule has 0 rings (SSSR count). The Balaban J connectivity index is -0.0000000853. The van der Waals surface area contributed by atoms with Crippen molar-refractivity contribution >= 4 is 83.3 Å². The van der Waals surface area contributed by atoms with Gasteiger partial charge in [-0.2, -0.15) is 0 Å². The van der Waals surface area contributed by atoms with E-state index in [4.69, 9.17) is 35.3 Å². The zero-order chi connectivity index (χ0) is 13.8. The number of aliphatic hydroxyl groups is 6. The first kappa shape index (κ1) is 26.3. The molecule has 0 bridgehead atoms. The molecular weight excluding hydrogens is 343 g/mol. The summed E-state index contributed by atoms with van der Waals surface area (Å²) in [6.45, 7) is -0.930. The standard InChI is InChI=1S/C6H15O10P.2Ca.4H/c7-1-2(8)3(9)4(10)5(11)6(12)16-17(13,14)15;;;;;;/h2-12H,1H2,(H2,13,14,15);;;;;;/q;2*+2;4*-1/t2-,3-,4+,5-,6?;;;;;;/m1....../s1. The van der Waals surface area contributed by atoms with Crippen LogP contribution in [-0.4, -0.2) is 153 Å². The summed E-state index contributed by atoms with van der Waals surface area (Å²) >= 11 is 0. The second kappa shape index (κ2) is 11.9. The van der Waals surface area contributed by atoms with Crippen LogP contribution in [0, 0.1) is 0 Å². The van der Waals surface area contributed by atoms with E-state index in [9.17, 15) is 9.67 Å². The third-order valence-corrected chi connectivity index (χ3v) is 2.31. The Bertz CT molecular complexity index is 290. The van der Waals surface area contributed by atoms with Crippen molar-refractivity contribution in [1.82, 2.24) is 0 Å². The van der Waals surface area contributed by atoms with Gasteiger partial charge in [-0.05, 0) is 0 Å². The van der Waals surface area contributed by atoms with Crippen LogP contribution >= 0.6 is 7.82 Å². The molecule has 0 radical (unpaired) electrons. The van der Waals surface area contributed by atoms with E-state index in [1.807, 2.05) is 0 Å². The first-order valence-corrected chi connectivity index (χ1v) is 5.88. The van der Waals surface area contributed by atoms with E-state index < -0.39 is 45.1 Å². The first-order valence-electron chi connectivity index (χ1n) is 4.35. The Labute approximate surface area is 174 Å². The van der Waals surface area contributed by atoms with Gasteiger partial charge in [0.05, 0.1) is 6.61 Å². The predicted octanol–water partition coefficient (Wildman–Crippen LogP) is -4.46. The maximum Gasteiger partial charge on any atom is 2.00 e. The predicted molar refractivity (Wildman–Crippen MR) is 66.2 cm³/mol. The molecule has 0 saturated heterocycles. The van der Waals surface area contributed by atoms with Crippen molar-refractivity contribution in [1.29, 1.82) is 0 Å². The summed E-state index contributed by atoms with van der Waals surface area (Å²) in [4.78, 5) is 16.6. The molecule has 19 heavy (non-hydrogen) atoms. The quantitative estimate of drug-likeness (QED) is 0.125. The summed E-state index contributed by atoms with van der Waals surface area (Å²) in [5.74, 6) is 0. The fourth-order valence-electron chi connectivity index (χ4n) is 0.909. The summed E-state index contributed by atoms with van der Waals surface area (Å²) in [6.07, 6.45) is -10.8. The zero-order valence-electron chi connectivity index (χ0n) is 13.8. The Kier molecular flexibility index (Phi) is 16.5. The fraction of sp³-hybridized carbons (Fsp3) is 1.00. The molecule has 0 amide bonds. The fourth-order valence-corrected chi connectivity index (χ4v) is 1.32.